The van der Waals surface area contributed by atoms with Crippen LogP contribution in [0.15, 0.2) is 4.52 Å². The predicted molar refractivity (Wildman–Crippen MR) is 86.9 cm³/mol. The number of nitrogens with one attached hydrogen (secondary N) is 1. The van der Waals surface area contributed by atoms with Crippen LogP contribution in [-0.4, -0.2) is 22.1 Å². The second-order valence-corrected chi connectivity index (χ2v) is 7.24. The second kappa shape index (κ2) is 6.77. The highest BCUT2D eigenvalue weighted by molar-refractivity contribution is 5.85. The van der Waals surface area contributed by atoms with Crippen molar-refractivity contribution in [3.05, 3.63) is 11.7 Å². The van der Waals surface area contributed by atoms with Gasteiger partial charge in [0.05, 0.1) is 6.54 Å². The molecule has 23 heavy (non-hydrogen) atoms. The minimum absolute atomic E-state index is 0. The SMILES string of the molecule is Cl.NC1C2CCCC1CC(C(=O)NCc1noc(C3CC3)n1)C2. The van der Waals surface area contributed by atoms with Crippen molar-refractivity contribution in [2.45, 2.75) is 63.5 Å². The first-order valence-electron chi connectivity index (χ1n) is 8.56. The number of halogens is 1. The zero-order valence-corrected chi connectivity index (χ0v) is 14.1. The van der Waals surface area contributed by atoms with Gasteiger partial charge in [-0.05, 0) is 50.4 Å². The molecule has 1 aromatic rings. The van der Waals surface area contributed by atoms with Gasteiger partial charge in [-0.25, -0.2) is 0 Å². The van der Waals surface area contributed by atoms with Crippen molar-refractivity contribution in [2.75, 3.05) is 0 Å². The summed E-state index contributed by atoms with van der Waals surface area (Å²) in [6, 6.07) is 0.302. The van der Waals surface area contributed by atoms with Gasteiger partial charge in [0.1, 0.15) is 0 Å². The molecule has 0 saturated heterocycles. The summed E-state index contributed by atoms with van der Waals surface area (Å²) in [5, 5.41) is 6.92. The number of nitrogens with zero attached hydrogens (tertiary/aromatic N) is 2. The molecule has 3 aliphatic rings. The van der Waals surface area contributed by atoms with E-state index in [0.29, 0.717) is 36.2 Å². The van der Waals surface area contributed by atoms with Crippen LogP contribution in [0, 0.1) is 17.8 Å². The van der Waals surface area contributed by atoms with Gasteiger partial charge < -0.3 is 15.6 Å². The lowest BCUT2D eigenvalue weighted by molar-refractivity contribution is -0.128. The van der Waals surface area contributed by atoms with E-state index in [9.17, 15) is 4.79 Å². The first-order chi connectivity index (χ1) is 10.7. The minimum Gasteiger partial charge on any atom is -0.348 e. The summed E-state index contributed by atoms with van der Waals surface area (Å²) in [4.78, 5) is 16.8. The van der Waals surface area contributed by atoms with E-state index in [1.165, 1.54) is 19.3 Å². The summed E-state index contributed by atoms with van der Waals surface area (Å²) in [6.45, 7) is 0.368. The molecule has 128 valence electrons. The van der Waals surface area contributed by atoms with Crippen LogP contribution in [0.3, 0.4) is 0 Å². The number of carbonyl (C=O) groups is 1. The maximum Gasteiger partial charge on any atom is 0.229 e. The number of hydrogen-bond acceptors (Lipinski definition) is 5. The zero-order valence-electron chi connectivity index (χ0n) is 13.2. The monoisotopic (exact) mass is 340 g/mol. The molecule has 7 heteroatoms. The smallest absolute Gasteiger partial charge is 0.229 e. The lowest BCUT2D eigenvalue weighted by Crippen LogP contribution is -2.49. The zero-order chi connectivity index (χ0) is 15.1. The largest absolute Gasteiger partial charge is 0.348 e. The Bertz CT molecular complexity index is 546. The molecule has 6 nitrogen and oxygen atoms in total. The first-order valence-corrected chi connectivity index (χ1v) is 8.56. The van der Waals surface area contributed by atoms with Crippen molar-refractivity contribution in [3.63, 3.8) is 0 Å². The first kappa shape index (κ1) is 16.7. The normalized spacial score (nSPS) is 32.9. The summed E-state index contributed by atoms with van der Waals surface area (Å²) in [7, 11) is 0. The predicted octanol–water partition coefficient (Wildman–Crippen LogP) is 2.14. The Morgan fingerprint density at radius 1 is 1.22 bits per heavy atom. The molecule has 3 aliphatic carbocycles. The van der Waals surface area contributed by atoms with Crippen LogP contribution >= 0.6 is 12.4 Å². The molecule has 3 N–H and O–H groups in total. The molecule has 2 bridgehead atoms. The third-order valence-electron chi connectivity index (χ3n) is 5.61. The summed E-state index contributed by atoms with van der Waals surface area (Å²) in [6.07, 6.45) is 7.77. The molecule has 3 saturated carbocycles. The molecule has 0 spiro atoms. The fourth-order valence-electron chi connectivity index (χ4n) is 4.15. The van der Waals surface area contributed by atoms with Crippen LogP contribution in [0.5, 0.6) is 0 Å². The number of carbonyl (C=O) groups excluding carboxylic acids is 1. The van der Waals surface area contributed by atoms with Gasteiger partial charge in [0.2, 0.25) is 11.8 Å². The average molecular weight is 341 g/mol. The van der Waals surface area contributed by atoms with Gasteiger partial charge in [0.25, 0.3) is 0 Å². The Morgan fingerprint density at radius 2 is 1.91 bits per heavy atom. The van der Waals surface area contributed by atoms with Gasteiger partial charge in [-0.15, -0.1) is 12.4 Å². The third kappa shape index (κ3) is 3.53. The van der Waals surface area contributed by atoms with Crippen LogP contribution in [0.25, 0.3) is 0 Å². The van der Waals surface area contributed by atoms with E-state index in [-0.39, 0.29) is 24.2 Å². The van der Waals surface area contributed by atoms with Gasteiger partial charge in [-0.2, -0.15) is 4.98 Å². The molecule has 3 fully saturated rings. The molecule has 0 aliphatic heterocycles. The average Bonchev–Trinajstić information content (AvgIpc) is 3.23. The number of fused-ring (bicyclic) bond motifs is 2. The summed E-state index contributed by atoms with van der Waals surface area (Å²) < 4.78 is 5.21. The number of amides is 1. The number of hydrogen-bond donors (Lipinski definition) is 2. The van der Waals surface area contributed by atoms with Crippen molar-refractivity contribution in [2.24, 2.45) is 23.5 Å². The minimum atomic E-state index is 0. The van der Waals surface area contributed by atoms with Crippen molar-refractivity contribution < 1.29 is 9.32 Å². The molecule has 1 aromatic heterocycles. The van der Waals surface area contributed by atoms with Crippen LogP contribution in [0.1, 0.15) is 62.6 Å². The van der Waals surface area contributed by atoms with Gasteiger partial charge in [-0.1, -0.05) is 11.6 Å². The standard InChI is InChI=1S/C16H24N4O2.ClH/c17-14-10-2-1-3-11(14)7-12(6-10)15(21)18-8-13-19-16(22-20-13)9-4-5-9;/h9-12,14H,1-8,17H2,(H,18,21);1H. The molecule has 1 amide bonds. The third-order valence-corrected chi connectivity index (χ3v) is 5.61. The Hall–Kier alpha value is -1.14. The lowest BCUT2D eigenvalue weighted by atomic mass is 9.65. The molecule has 4 rings (SSSR count). The van der Waals surface area contributed by atoms with Gasteiger partial charge >= 0.3 is 0 Å². The highest BCUT2D eigenvalue weighted by Gasteiger charge is 2.40. The topological polar surface area (TPSA) is 94.0 Å². The van der Waals surface area contributed by atoms with Gasteiger partial charge in [0, 0.05) is 17.9 Å². The van der Waals surface area contributed by atoms with E-state index >= 15 is 0 Å². The van der Waals surface area contributed by atoms with Crippen molar-refractivity contribution in [1.29, 1.82) is 0 Å². The maximum atomic E-state index is 12.4. The summed E-state index contributed by atoms with van der Waals surface area (Å²) in [5.74, 6) is 3.04. The van der Waals surface area contributed by atoms with E-state index in [1.807, 2.05) is 0 Å². The van der Waals surface area contributed by atoms with E-state index in [0.717, 1.165) is 31.6 Å². The Kier molecular flexibility index (Phi) is 4.92. The number of rotatable bonds is 4. The van der Waals surface area contributed by atoms with Crippen molar-refractivity contribution >= 4 is 18.3 Å². The van der Waals surface area contributed by atoms with Crippen molar-refractivity contribution in [1.82, 2.24) is 15.5 Å². The second-order valence-electron chi connectivity index (χ2n) is 7.24. The molecule has 0 radical (unpaired) electrons. The van der Waals surface area contributed by atoms with E-state index in [4.69, 9.17) is 10.3 Å². The van der Waals surface area contributed by atoms with Gasteiger partial charge in [0.15, 0.2) is 5.82 Å². The van der Waals surface area contributed by atoms with E-state index in [2.05, 4.69) is 15.5 Å². The summed E-state index contributed by atoms with van der Waals surface area (Å²) >= 11 is 0. The van der Waals surface area contributed by atoms with Crippen LogP contribution in [-0.2, 0) is 11.3 Å². The Labute approximate surface area is 142 Å². The van der Waals surface area contributed by atoms with Crippen LogP contribution in [0.4, 0.5) is 0 Å². The quantitative estimate of drug-likeness (QED) is 0.875. The maximum absolute atomic E-state index is 12.4. The summed E-state index contributed by atoms with van der Waals surface area (Å²) in [5.41, 5.74) is 6.28. The van der Waals surface area contributed by atoms with Crippen LogP contribution < -0.4 is 11.1 Å². The molecular weight excluding hydrogens is 316 g/mol. The highest BCUT2D eigenvalue weighted by Crippen LogP contribution is 2.42. The Balaban J connectivity index is 0.00000156. The Morgan fingerprint density at radius 3 is 2.57 bits per heavy atom. The van der Waals surface area contributed by atoms with Crippen molar-refractivity contribution in [3.8, 4) is 0 Å². The molecule has 2 atom stereocenters. The van der Waals surface area contributed by atoms with E-state index in [1.54, 1.807) is 0 Å². The lowest BCUT2D eigenvalue weighted by Gasteiger charge is -2.43. The molecular formula is C16H25ClN4O2. The molecule has 2 unspecified atom stereocenters. The fourth-order valence-corrected chi connectivity index (χ4v) is 4.15. The highest BCUT2D eigenvalue weighted by atomic mass is 35.5. The fraction of sp³-hybridized carbons (Fsp3) is 0.812. The van der Waals surface area contributed by atoms with Gasteiger partial charge in [-0.3, -0.25) is 4.79 Å². The van der Waals surface area contributed by atoms with Crippen LogP contribution in [0.2, 0.25) is 0 Å². The van der Waals surface area contributed by atoms with E-state index < -0.39 is 0 Å². The molecule has 1 heterocycles. The molecule has 0 aromatic carbocycles. The number of nitrogens with two attached hydrogens (primary N) is 1. The number of aromatic nitrogens is 2.